The minimum Gasteiger partial charge on any atom is -0.497 e. The van der Waals surface area contributed by atoms with Crippen molar-refractivity contribution in [1.82, 2.24) is 4.90 Å². The number of ether oxygens (including phenoxy) is 1. The van der Waals surface area contributed by atoms with E-state index in [2.05, 4.69) is 11.0 Å². The van der Waals surface area contributed by atoms with E-state index in [0.29, 0.717) is 13.1 Å². The van der Waals surface area contributed by atoms with Crippen LogP contribution in [0.2, 0.25) is 0 Å². The van der Waals surface area contributed by atoms with Crippen molar-refractivity contribution in [2.45, 2.75) is 12.8 Å². The van der Waals surface area contributed by atoms with Crippen LogP contribution in [-0.4, -0.2) is 44.1 Å². The molecule has 0 aromatic heterocycles. The predicted octanol–water partition coefficient (Wildman–Crippen LogP) is 1.65. The van der Waals surface area contributed by atoms with E-state index in [4.69, 9.17) is 10.00 Å². The molecule has 5 heteroatoms. The van der Waals surface area contributed by atoms with Gasteiger partial charge in [-0.25, -0.2) is 0 Å². The summed E-state index contributed by atoms with van der Waals surface area (Å²) in [6.07, 6.45) is 1.45. The van der Waals surface area contributed by atoms with E-state index >= 15 is 0 Å². The fourth-order valence-corrected chi connectivity index (χ4v) is 2.76. The fraction of sp³-hybridized carbons (Fsp3) is 0.500. The molecule has 1 aliphatic heterocycles. The number of rotatable bonds is 3. The standard InChI is InChI=1S/C16H19N3O2/c1-21-14-4-2-13(3-5-14)18-8-10-19(11-9-18)15(20)16(12-17)6-7-16/h2-5H,6-11H2,1H3. The maximum Gasteiger partial charge on any atom is 0.243 e. The van der Waals surface area contributed by atoms with E-state index in [-0.39, 0.29) is 5.91 Å². The van der Waals surface area contributed by atoms with Gasteiger partial charge in [0.05, 0.1) is 13.2 Å². The maximum atomic E-state index is 12.3. The number of amides is 1. The molecule has 1 heterocycles. The van der Waals surface area contributed by atoms with Crippen molar-refractivity contribution >= 4 is 11.6 Å². The average Bonchev–Trinajstić information content (AvgIpc) is 3.36. The summed E-state index contributed by atoms with van der Waals surface area (Å²) < 4.78 is 5.16. The van der Waals surface area contributed by atoms with Crippen molar-refractivity contribution in [3.63, 3.8) is 0 Å². The number of hydrogen-bond donors (Lipinski definition) is 0. The first-order valence-corrected chi connectivity index (χ1v) is 7.28. The van der Waals surface area contributed by atoms with Gasteiger partial charge >= 0.3 is 0 Å². The van der Waals surface area contributed by atoms with Crippen molar-refractivity contribution in [2.24, 2.45) is 5.41 Å². The third-order valence-electron chi connectivity index (χ3n) is 4.38. The number of benzene rings is 1. The number of piperazine rings is 1. The van der Waals surface area contributed by atoms with Gasteiger partial charge in [-0.3, -0.25) is 4.79 Å². The smallest absolute Gasteiger partial charge is 0.243 e. The highest BCUT2D eigenvalue weighted by molar-refractivity contribution is 5.88. The Kier molecular flexibility index (Phi) is 3.46. The van der Waals surface area contributed by atoms with Crippen LogP contribution in [0.4, 0.5) is 5.69 Å². The number of nitriles is 1. The van der Waals surface area contributed by atoms with Gasteiger partial charge in [0.15, 0.2) is 0 Å². The van der Waals surface area contributed by atoms with E-state index in [1.165, 1.54) is 0 Å². The number of hydrogen-bond acceptors (Lipinski definition) is 4. The van der Waals surface area contributed by atoms with Crippen molar-refractivity contribution in [3.05, 3.63) is 24.3 Å². The minimum atomic E-state index is -0.692. The highest BCUT2D eigenvalue weighted by atomic mass is 16.5. The zero-order chi connectivity index (χ0) is 14.9. The Balaban J connectivity index is 1.60. The number of carbonyl (C=O) groups excluding carboxylic acids is 1. The summed E-state index contributed by atoms with van der Waals surface area (Å²) >= 11 is 0. The molecule has 0 radical (unpaired) electrons. The van der Waals surface area contributed by atoms with E-state index in [1.807, 2.05) is 29.2 Å². The molecule has 1 saturated heterocycles. The summed E-state index contributed by atoms with van der Waals surface area (Å²) in [5.74, 6) is 0.872. The highest BCUT2D eigenvalue weighted by Gasteiger charge is 2.52. The van der Waals surface area contributed by atoms with Crippen molar-refractivity contribution in [1.29, 1.82) is 5.26 Å². The van der Waals surface area contributed by atoms with Gasteiger partial charge in [0, 0.05) is 31.9 Å². The molecule has 2 fully saturated rings. The normalized spacial score (nSPS) is 19.8. The van der Waals surface area contributed by atoms with Crippen LogP contribution in [0.15, 0.2) is 24.3 Å². The Bertz CT molecular complexity index is 564. The summed E-state index contributed by atoms with van der Waals surface area (Å²) in [6, 6.07) is 10.2. The van der Waals surface area contributed by atoms with Crippen LogP contribution in [0, 0.1) is 16.7 Å². The summed E-state index contributed by atoms with van der Waals surface area (Å²) in [6.45, 7) is 2.99. The minimum absolute atomic E-state index is 0.0272. The van der Waals surface area contributed by atoms with Gasteiger partial charge in [0.1, 0.15) is 11.2 Å². The molecular formula is C16H19N3O2. The lowest BCUT2D eigenvalue weighted by molar-refractivity contribution is -0.135. The van der Waals surface area contributed by atoms with Gasteiger partial charge in [-0.05, 0) is 37.1 Å². The average molecular weight is 285 g/mol. The Labute approximate surface area is 124 Å². The lowest BCUT2D eigenvalue weighted by atomic mass is 10.1. The molecule has 1 saturated carbocycles. The SMILES string of the molecule is COc1ccc(N2CCN(C(=O)C3(C#N)CC3)CC2)cc1. The van der Waals surface area contributed by atoms with Crippen LogP contribution in [0.3, 0.4) is 0 Å². The predicted molar refractivity (Wildman–Crippen MR) is 79.1 cm³/mol. The Morgan fingerprint density at radius 3 is 2.29 bits per heavy atom. The molecule has 0 spiro atoms. The Morgan fingerprint density at radius 2 is 1.81 bits per heavy atom. The van der Waals surface area contributed by atoms with E-state index in [0.717, 1.165) is 37.4 Å². The first-order valence-electron chi connectivity index (χ1n) is 7.28. The second-order valence-corrected chi connectivity index (χ2v) is 5.67. The molecule has 5 nitrogen and oxygen atoms in total. The molecule has 1 aromatic rings. The van der Waals surface area contributed by atoms with Crippen LogP contribution in [0.25, 0.3) is 0 Å². The van der Waals surface area contributed by atoms with Gasteiger partial charge in [-0.2, -0.15) is 5.26 Å². The third kappa shape index (κ3) is 2.54. The second kappa shape index (κ2) is 5.28. The first-order chi connectivity index (χ1) is 10.2. The van der Waals surface area contributed by atoms with Crippen molar-refractivity contribution in [2.75, 3.05) is 38.2 Å². The van der Waals surface area contributed by atoms with Crippen molar-refractivity contribution in [3.8, 4) is 11.8 Å². The van der Waals surface area contributed by atoms with Crippen LogP contribution < -0.4 is 9.64 Å². The van der Waals surface area contributed by atoms with Crippen molar-refractivity contribution < 1.29 is 9.53 Å². The fourth-order valence-electron chi connectivity index (χ4n) is 2.76. The largest absolute Gasteiger partial charge is 0.497 e. The molecule has 21 heavy (non-hydrogen) atoms. The quantitative estimate of drug-likeness (QED) is 0.847. The highest BCUT2D eigenvalue weighted by Crippen LogP contribution is 2.46. The molecule has 0 bridgehead atoms. The first kappa shape index (κ1) is 13.7. The number of nitrogens with zero attached hydrogens (tertiary/aromatic N) is 3. The monoisotopic (exact) mass is 285 g/mol. The molecule has 1 aromatic carbocycles. The third-order valence-corrected chi connectivity index (χ3v) is 4.38. The molecule has 110 valence electrons. The molecule has 2 aliphatic rings. The molecule has 1 aliphatic carbocycles. The van der Waals surface area contributed by atoms with Gasteiger partial charge in [0.25, 0.3) is 0 Å². The molecule has 1 amide bonds. The number of anilines is 1. The lowest BCUT2D eigenvalue weighted by Gasteiger charge is -2.37. The molecule has 0 atom stereocenters. The molecule has 0 N–H and O–H groups in total. The van der Waals surface area contributed by atoms with Gasteiger partial charge in [-0.1, -0.05) is 0 Å². The van der Waals surface area contributed by atoms with Gasteiger partial charge in [-0.15, -0.1) is 0 Å². The van der Waals surface area contributed by atoms with Crippen LogP contribution >= 0.6 is 0 Å². The lowest BCUT2D eigenvalue weighted by Crippen LogP contribution is -2.50. The zero-order valence-corrected chi connectivity index (χ0v) is 12.2. The molecule has 0 unspecified atom stereocenters. The topological polar surface area (TPSA) is 56.6 Å². The Morgan fingerprint density at radius 1 is 1.19 bits per heavy atom. The van der Waals surface area contributed by atoms with Gasteiger partial charge in [0.2, 0.25) is 5.91 Å². The summed E-state index contributed by atoms with van der Waals surface area (Å²) in [5, 5.41) is 9.12. The summed E-state index contributed by atoms with van der Waals surface area (Å²) in [5.41, 5.74) is 0.451. The summed E-state index contributed by atoms with van der Waals surface area (Å²) in [4.78, 5) is 16.4. The van der Waals surface area contributed by atoms with Crippen LogP contribution in [0.5, 0.6) is 5.75 Å². The van der Waals surface area contributed by atoms with Crippen LogP contribution in [0.1, 0.15) is 12.8 Å². The van der Waals surface area contributed by atoms with Crippen LogP contribution in [-0.2, 0) is 4.79 Å². The van der Waals surface area contributed by atoms with E-state index < -0.39 is 5.41 Å². The number of carbonyl (C=O) groups is 1. The van der Waals surface area contributed by atoms with E-state index in [9.17, 15) is 4.79 Å². The second-order valence-electron chi connectivity index (χ2n) is 5.67. The Hall–Kier alpha value is -2.22. The maximum absolute atomic E-state index is 12.3. The number of methoxy groups -OCH3 is 1. The van der Waals surface area contributed by atoms with Gasteiger partial charge < -0.3 is 14.5 Å². The zero-order valence-electron chi connectivity index (χ0n) is 12.2. The van der Waals surface area contributed by atoms with E-state index in [1.54, 1.807) is 7.11 Å². The summed E-state index contributed by atoms with van der Waals surface area (Å²) in [7, 11) is 1.66. The molecular weight excluding hydrogens is 266 g/mol. The molecule has 3 rings (SSSR count).